The molecular formula is C22H21NO. The number of fused-ring (bicyclic) bond motifs is 1. The van der Waals surface area contributed by atoms with E-state index in [9.17, 15) is 0 Å². The monoisotopic (exact) mass is 315 g/mol. The molecule has 120 valence electrons. The number of benzene rings is 2. The van der Waals surface area contributed by atoms with Gasteiger partial charge < -0.3 is 10.2 Å². The van der Waals surface area contributed by atoms with E-state index in [1.54, 1.807) is 0 Å². The largest absolute Gasteiger partial charge is 0.462 e. The van der Waals surface area contributed by atoms with Crippen LogP contribution in [0.2, 0.25) is 0 Å². The maximum absolute atomic E-state index is 5.82. The Balaban J connectivity index is 1.82. The van der Waals surface area contributed by atoms with E-state index < -0.39 is 0 Å². The average molecular weight is 315 g/mol. The SMILES string of the molecule is Cc1ccc(C2=Cc3c(ccc(C)c3-c3ccc(CN)cc3)C2)o1. The highest BCUT2D eigenvalue weighted by Crippen LogP contribution is 2.39. The van der Waals surface area contributed by atoms with Crippen molar-refractivity contribution < 1.29 is 4.42 Å². The average Bonchev–Trinajstić information content (AvgIpc) is 3.21. The minimum atomic E-state index is 0.577. The van der Waals surface area contributed by atoms with Gasteiger partial charge in [0.2, 0.25) is 0 Å². The van der Waals surface area contributed by atoms with Crippen LogP contribution < -0.4 is 5.73 Å². The maximum atomic E-state index is 5.82. The van der Waals surface area contributed by atoms with E-state index in [1.807, 2.05) is 13.0 Å². The van der Waals surface area contributed by atoms with E-state index in [-0.39, 0.29) is 0 Å². The zero-order valence-electron chi connectivity index (χ0n) is 14.1. The number of hydrogen-bond donors (Lipinski definition) is 1. The molecule has 2 heteroatoms. The van der Waals surface area contributed by atoms with Gasteiger partial charge in [-0.15, -0.1) is 0 Å². The number of nitrogens with two attached hydrogens (primary N) is 1. The van der Waals surface area contributed by atoms with Gasteiger partial charge in [0.1, 0.15) is 11.5 Å². The van der Waals surface area contributed by atoms with E-state index in [0.29, 0.717) is 6.54 Å². The molecule has 2 nitrogen and oxygen atoms in total. The first-order valence-electron chi connectivity index (χ1n) is 8.35. The van der Waals surface area contributed by atoms with E-state index in [0.717, 1.165) is 23.5 Å². The molecule has 1 aromatic heterocycles. The molecule has 0 bridgehead atoms. The zero-order chi connectivity index (χ0) is 16.7. The van der Waals surface area contributed by atoms with E-state index in [2.05, 4.69) is 55.5 Å². The van der Waals surface area contributed by atoms with E-state index in [1.165, 1.54) is 33.4 Å². The Bertz CT molecular complexity index is 929. The van der Waals surface area contributed by atoms with Crippen LogP contribution in [-0.4, -0.2) is 0 Å². The summed E-state index contributed by atoms with van der Waals surface area (Å²) >= 11 is 0. The molecule has 1 heterocycles. The summed E-state index contributed by atoms with van der Waals surface area (Å²) < 4.78 is 5.82. The normalized spacial score (nSPS) is 13.0. The Kier molecular flexibility index (Phi) is 3.62. The molecular weight excluding hydrogens is 294 g/mol. The third kappa shape index (κ3) is 2.49. The molecule has 0 unspecified atom stereocenters. The lowest BCUT2D eigenvalue weighted by molar-refractivity contribution is 0.521. The Morgan fingerprint density at radius 3 is 2.42 bits per heavy atom. The Hall–Kier alpha value is -2.58. The molecule has 0 fully saturated rings. The van der Waals surface area contributed by atoms with Crippen LogP contribution in [0.25, 0.3) is 22.8 Å². The minimum Gasteiger partial charge on any atom is -0.462 e. The molecule has 0 saturated heterocycles. The van der Waals surface area contributed by atoms with Crippen molar-refractivity contribution in [1.82, 2.24) is 0 Å². The zero-order valence-corrected chi connectivity index (χ0v) is 14.1. The highest BCUT2D eigenvalue weighted by Gasteiger charge is 2.20. The molecule has 1 aliphatic carbocycles. The molecule has 2 N–H and O–H groups in total. The second-order valence-corrected chi connectivity index (χ2v) is 6.49. The van der Waals surface area contributed by atoms with Crippen LogP contribution in [0, 0.1) is 13.8 Å². The molecule has 1 aliphatic rings. The van der Waals surface area contributed by atoms with Crippen molar-refractivity contribution >= 4 is 11.6 Å². The van der Waals surface area contributed by atoms with Gasteiger partial charge in [0.15, 0.2) is 0 Å². The summed E-state index contributed by atoms with van der Waals surface area (Å²) in [7, 11) is 0. The van der Waals surface area contributed by atoms with Crippen molar-refractivity contribution in [3.63, 3.8) is 0 Å². The molecule has 2 aromatic carbocycles. The number of rotatable bonds is 3. The van der Waals surface area contributed by atoms with E-state index >= 15 is 0 Å². The molecule has 0 atom stereocenters. The van der Waals surface area contributed by atoms with Gasteiger partial charge >= 0.3 is 0 Å². The first kappa shape index (κ1) is 15.0. The first-order valence-corrected chi connectivity index (χ1v) is 8.35. The summed E-state index contributed by atoms with van der Waals surface area (Å²) in [6.07, 6.45) is 3.21. The van der Waals surface area contributed by atoms with Crippen molar-refractivity contribution in [1.29, 1.82) is 0 Å². The minimum absolute atomic E-state index is 0.577. The summed E-state index contributed by atoms with van der Waals surface area (Å²) in [5, 5.41) is 0. The number of hydrogen-bond acceptors (Lipinski definition) is 2. The third-order valence-electron chi connectivity index (χ3n) is 4.78. The van der Waals surface area contributed by atoms with Crippen LogP contribution in [0.15, 0.2) is 52.9 Å². The Morgan fingerprint density at radius 2 is 1.75 bits per heavy atom. The molecule has 0 aliphatic heterocycles. The van der Waals surface area contributed by atoms with Crippen molar-refractivity contribution in [3.8, 4) is 11.1 Å². The fraction of sp³-hybridized carbons (Fsp3) is 0.182. The molecule has 0 amide bonds. The summed E-state index contributed by atoms with van der Waals surface area (Å²) in [4.78, 5) is 0. The van der Waals surface area contributed by atoms with Crippen molar-refractivity contribution in [2.45, 2.75) is 26.8 Å². The standard InChI is InChI=1S/C22H21NO/c1-14-3-7-18-11-19(21-10-4-15(2)24-21)12-20(18)22(14)17-8-5-16(13-23)6-9-17/h3-10,12H,11,13,23H2,1-2H3. The Morgan fingerprint density at radius 1 is 0.958 bits per heavy atom. The second-order valence-electron chi connectivity index (χ2n) is 6.49. The van der Waals surface area contributed by atoms with Crippen LogP contribution in [0.5, 0.6) is 0 Å². The van der Waals surface area contributed by atoms with Gasteiger partial charge in [0.25, 0.3) is 0 Å². The summed E-state index contributed by atoms with van der Waals surface area (Å²) in [6.45, 7) is 4.74. The Labute approximate surface area is 142 Å². The maximum Gasteiger partial charge on any atom is 0.130 e. The van der Waals surface area contributed by atoms with Crippen molar-refractivity contribution in [2.75, 3.05) is 0 Å². The van der Waals surface area contributed by atoms with Gasteiger partial charge in [-0.3, -0.25) is 0 Å². The fourth-order valence-corrected chi connectivity index (χ4v) is 3.48. The van der Waals surface area contributed by atoms with Gasteiger partial charge in [-0.05, 0) is 71.0 Å². The van der Waals surface area contributed by atoms with Crippen LogP contribution in [0.1, 0.15) is 33.8 Å². The van der Waals surface area contributed by atoms with Gasteiger partial charge in [-0.2, -0.15) is 0 Å². The lowest BCUT2D eigenvalue weighted by Gasteiger charge is -2.12. The fourth-order valence-electron chi connectivity index (χ4n) is 3.48. The van der Waals surface area contributed by atoms with Crippen LogP contribution in [0.4, 0.5) is 0 Å². The topological polar surface area (TPSA) is 39.2 Å². The predicted octanol–water partition coefficient (Wildman–Crippen LogP) is 5.12. The molecule has 0 radical (unpaired) electrons. The smallest absolute Gasteiger partial charge is 0.130 e. The summed E-state index contributed by atoms with van der Waals surface area (Å²) in [6, 6.07) is 17.1. The lowest BCUT2D eigenvalue weighted by atomic mass is 9.92. The molecule has 4 rings (SSSR count). The van der Waals surface area contributed by atoms with Crippen LogP contribution >= 0.6 is 0 Å². The lowest BCUT2D eigenvalue weighted by Crippen LogP contribution is -1.96. The number of allylic oxidation sites excluding steroid dienone is 1. The van der Waals surface area contributed by atoms with Gasteiger partial charge in [0, 0.05) is 13.0 Å². The van der Waals surface area contributed by atoms with Gasteiger partial charge in [0.05, 0.1) is 0 Å². The molecule has 24 heavy (non-hydrogen) atoms. The predicted molar refractivity (Wildman–Crippen MR) is 99.5 cm³/mol. The van der Waals surface area contributed by atoms with Crippen molar-refractivity contribution in [2.24, 2.45) is 5.73 Å². The molecule has 0 saturated carbocycles. The third-order valence-corrected chi connectivity index (χ3v) is 4.78. The van der Waals surface area contributed by atoms with Crippen LogP contribution in [0.3, 0.4) is 0 Å². The van der Waals surface area contributed by atoms with Crippen LogP contribution in [-0.2, 0) is 13.0 Å². The summed E-state index contributed by atoms with van der Waals surface area (Å²) in [5.41, 5.74) is 14.7. The van der Waals surface area contributed by atoms with Gasteiger partial charge in [-0.25, -0.2) is 0 Å². The number of aryl methyl sites for hydroxylation is 2. The second kappa shape index (κ2) is 5.81. The van der Waals surface area contributed by atoms with Gasteiger partial charge in [-0.1, -0.05) is 36.4 Å². The summed E-state index contributed by atoms with van der Waals surface area (Å²) in [5.74, 6) is 1.93. The van der Waals surface area contributed by atoms with E-state index in [4.69, 9.17) is 10.2 Å². The van der Waals surface area contributed by atoms with Crippen molar-refractivity contribution in [3.05, 3.63) is 82.3 Å². The highest BCUT2D eigenvalue weighted by molar-refractivity contribution is 5.93. The number of furan rings is 1. The highest BCUT2D eigenvalue weighted by atomic mass is 16.3. The molecule has 3 aromatic rings. The molecule has 0 spiro atoms. The first-order chi connectivity index (χ1) is 11.7. The quantitative estimate of drug-likeness (QED) is 0.728.